The summed E-state index contributed by atoms with van der Waals surface area (Å²) in [5.74, 6) is 1.06. The first kappa shape index (κ1) is 23.1. The Morgan fingerprint density at radius 3 is 1.71 bits per heavy atom. The third-order valence-corrected chi connectivity index (χ3v) is 10.2. The van der Waals surface area contributed by atoms with Crippen molar-refractivity contribution in [2.45, 2.75) is 71.4 Å². The van der Waals surface area contributed by atoms with Crippen molar-refractivity contribution in [2.75, 3.05) is 0 Å². The lowest BCUT2D eigenvalue weighted by atomic mass is 9.89. The third kappa shape index (κ3) is 3.57. The monoisotopic (exact) mass is 460 g/mol. The molecule has 3 aromatic rings. The van der Waals surface area contributed by atoms with Crippen LogP contribution >= 0.6 is 0 Å². The van der Waals surface area contributed by atoms with Crippen LogP contribution in [0.25, 0.3) is 11.1 Å². The zero-order chi connectivity index (χ0) is 24.1. The Hall–Kier alpha value is -2.64. The van der Waals surface area contributed by atoms with E-state index < -0.39 is 0 Å². The highest BCUT2D eigenvalue weighted by Crippen LogP contribution is 2.51. The Morgan fingerprint density at radius 1 is 0.588 bits per heavy atom. The highest BCUT2D eigenvalue weighted by Gasteiger charge is 2.37. The van der Waals surface area contributed by atoms with Crippen LogP contribution in [-0.4, -0.2) is 9.52 Å². The minimum absolute atomic E-state index is 0.477. The fraction of sp³-hybridized carbons (Fsp3) is 0.333. The number of fused-ring (bicyclic) bond motifs is 2. The lowest BCUT2D eigenvalue weighted by Gasteiger charge is -2.22. The summed E-state index contributed by atoms with van der Waals surface area (Å²) in [5, 5.41) is 0. The molecule has 0 spiro atoms. The molecule has 5 rings (SSSR count). The molecule has 0 amide bonds. The molecular formula is C33H36Si. The summed E-state index contributed by atoms with van der Waals surface area (Å²) in [6, 6.07) is 25.1. The van der Waals surface area contributed by atoms with Gasteiger partial charge in [-0.1, -0.05) is 106 Å². The maximum Gasteiger partial charge on any atom is 0.0678 e. The second kappa shape index (κ2) is 8.85. The molecule has 2 unspecified atom stereocenters. The molecule has 1 heteroatoms. The summed E-state index contributed by atoms with van der Waals surface area (Å²) in [5.41, 5.74) is 17.6. The fourth-order valence-electron chi connectivity index (χ4n) is 6.14. The average molecular weight is 461 g/mol. The predicted octanol–water partition coefficient (Wildman–Crippen LogP) is 9.06. The van der Waals surface area contributed by atoms with E-state index in [1.807, 2.05) is 0 Å². The van der Waals surface area contributed by atoms with Crippen molar-refractivity contribution < 1.29 is 0 Å². The Labute approximate surface area is 208 Å². The number of benzene rings is 3. The van der Waals surface area contributed by atoms with Crippen LogP contribution in [0.5, 0.6) is 0 Å². The summed E-state index contributed by atoms with van der Waals surface area (Å²) < 4.78 is 0. The average Bonchev–Trinajstić information content (AvgIpc) is 3.25. The molecule has 2 atom stereocenters. The zero-order valence-electron chi connectivity index (χ0n) is 21.7. The molecule has 2 aliphatic carbocycles. The molecule has 0 heterocycles. The van der Waals surface area contributed by atoms with Gasteiger partial charge in [-0.3, -0.25) is 0 Å². The van der Waals surface area contributed by atoms with Crippen molar-refractivity contribution in [1.82, 2.24) is 0 Å². The first-order valence-corrected chi connectivity index (χ1v) is 13.9. The summed E-state index contributed by atoms with van der Waals surface area (Å²) in [4.78, 5) is 0. The first-order chi connectivity index (χ1) is 16.3. The molecule has 2 radical (unpaired) electrons. The Bertz CT molecular complexity index is 1300. The van der Waals surface area contributed by atoms with Gasteiger partial charge in [-0.25, -0.2) is 0 Å². The van der Waals surface area contributed by atoms with Gasteiger partial charge in [-0.2, -0.15) is 0 Å². The predicted molar refractivity (Wildman–Crippen MR) is 149 cm³/mol. The van der Waals surface area contributed by atoms with Crippen molar-refractivity contribution in [3.8, 4) is 0 Å². The summed E-state index contributed by atoms with van der Waals surface area (Å²) in [7, 11) is 0.815. The lowest BCUT2D eigenvalue weighted by molar-refractivity contribution is 0.859. The van der Waals surface area contributed by atoms with E-state index >= 15 is 0 Å². The zero-order valence-corrected chi connectivity index (χ0v) is 22.7. The number of allylic oxidation sites excluding steroid dienone is 3. The largest absolute Gasteiger partial charge is 0.0678 e. The van der Waals surface area contributed by atoms with Gasteiger partial charge in [0.15, 0.2) is 0 Å². The van der Waals surface area contributed by atoms with E-state index in [0.29, 0.717) is 22.9 Å². The van der Waals surface area contributed by atoms with Crippen molar-refractivity contribution in [1.29, 1.82) is 0 Å². The minimum atomic E-state index is 0.477. The molecule has 0 aliphatic heterocycles. The van der Waals surface area contributed by atoms with Crippen molar-refractivity contribution in [2.24, 2.45) is 0 Å². The Kier molecular flexibility index (Phi) is 6.02. The van der Waals surface area contributed by atoms with Crippen LogP contribution in [0, 0.1) is 0 Å². The molecule has 0 bridgehead atoms. The van der Waals surface area contributed by atoms with Crippen molar-refractivity contribution in [3.63, 3.8) is 0 Å². The summed E-state index contributed by atoms with van der Waals surface area (Å²) in [6.07, 6.45) is 0. The van der Waals surface area contributed by atoms with Crippen molar-refractivity contribution in [3.05, 3.63) is 117 Å². The number of hydrogen-bond acceptors (Lipinski definition) is 0. The van der Waals surface area contributed by atoms with Gasteiger partial charge in [0.05, 0.1) is 9.52 Å². The van der Waals surface area contributed by atoms with E-state index in [4.69, 9.17) is 0 Å². The van der Waals surface area contributed by atoms with Crippen LogP contribution in [0.15, 0.2) is 77.9 Å². The SMILES string of the molecule is CC1=C(C)C([Si]C2C(C)=C(c3ccccc3)c3c(C(C)C)cccc32)c2cccc(C(C)C)c21. The summed E-state index contributed by atoms with van der Waals surface area (Å²) in [6.45, 7) is 16.5. The van der Waals surface area contributed by atoms with Gasteiger partial charge < -0.3 is 0 Å². The molecule has 0 aromatic heterocycles. The smallest absolute Gasteiger partial charge is 0.0655 e. The normalized spacial score (nSPS) is 19.4. The molecule has 3 aromatic carbocycles. The summed E-state index contributed by atoms with van der Waals surface area (Å²) >= 11 is 0. The molecule has 2 aliphatic rings. The topological polar surface area (TPSA) is 0 Å². The van der Waals surface area contributed by atoms with Crippen molar-refractivity contribution >= 4 is 20.7 Å². The van der Waals surface area contributed by atoms with Crippen LogP contribution in [0.4, 0.5) is 0 Å². The van der Waals surface area contributed by atoms with Gasteiger partial charge in [0.2, 0.25) is 0 Å². The van der Waals surface area contributed by atoms with E-state index in [0.717, 1.165) is 9.52 Å². The fourth-order valence-corrected chi connectivity index (χ4v) is 8.17. The van der Waals surface area contributed by atoms with E-state index in [1.54, 1.807) is 22.3 Å². The molecule has 172 valence electrons. The maximum absolute atomic E-state index is 2.41. The van der Waals surface area contributed by atoms with Gasteiger partial charge in [-0.15, -0.1) is 0 Å². The van der Waals surface area contributed by atoms with Crippen LogP contribution in [0.1, 0.15) is 110 Å². The Balaban J connectivity index is 1.65. The second-order valence-electron chi connectivity index (χ2n) is 10.7. The lowest BCUT2D eigenvalue weighted by Crippen LogP contribution is -2.17. The second-order valence-corrected chi connectivity index (χ2v) is 12.2. The van der Waals surface area contributed by atoms with E-state index in [9.17, 15) is 0 Å². The first-order valence-electron chi connectivity index (χ1n) is 12.8. The van der Waals surface area contributed by atoms with Crippen LogP contribution < -0.4 is 0 Å². The van der Waals surface area contributed by atoms with Gasteiger partial charge >= 0.3 is 0 Å². The van der Waals surface area contributed by atoms with Gasteiger partial charge in [0.25, 0.3) is 0 Å². The highest BCUT2D eigenvalue weighted by molar-refractivity contribution is 6.44. The van der Waals surface area contributed by atoms with Crippen LogP contribution in [0.2, 0.25) is 0 Å². The molecule has 34 heavy (non-hydrogen) atoms. The van der Waals surface area contributed by atoms with E-state index in [2.05, 4.69) is 115 Å². The van der Waals surface area contributed by atoms with E-state index in [-0.39, 0.29) is 0 Å². The molecule has 0 saturated heterocycles. The molecule has 0 saturated carbocycles. The van der Waals surface area contributed by atoms with Gasteiger partial charge in [0.1, 0.15) is 0 Å². The third-order valence-electron chi connectivity index (χ3n) is 8.00. The molecule has 0 fully saturated rings. The molecule has 0 nitrogen and oxygen atoms in total. The molecular weight excluding hydrogens is 424 g/mol. The maximum atomic E-state index is 2.41. The number of hydrogen-bond donors (Lipinski definition) is 0. The van der Waals surface area contributed by atoms with E-state index in [1.165, 1.54) is 39.0 Å². The van der Waals surface area contributed by atoms with Gasteiger partial charge in [0, 0.05) is 0 Å². The van der Waals surface area contributed by atoms with Crippen LogP contribution in [-0.2, 0) is 0 Å². The standard InChI is InChI=1S/C33H36Si/c1-19(2)25-15-11-17-27-30(25)21(5)22(6)32(27)34-33-23(7)29(24-13-9-8-10-14-24)31-26(20(3)4)16-12-18-28(31)33/h8-20,32-33H,1-7H3. The highest BCUT2D eigenvalue weighted by atomic mass is 28.2. The quantitative estimate of drug-likeness (QED) is 0.333. The van der Waals surface area contributed by atoms with Gasteiger partial charge in [-0.05, 0) is 93.8 Å². The Morgan fingerprint density at radius 2 is 1.12 bits per heavy atom. The number of rotatable bonds is 5. The minimum Gasteiger partial charge on any atom is -0.0655 e. The van der Waals surface area contributed by atoms with Crippen LogP contribution in [0.3, 0.4) is 0 Å². The molecule has 0 N–H and O–H groups in total.